The Hall–Kier alpha value is -2.14. The van der Waals surface area contributed by atoms with Crippen molar-refractivity contribution in [1.82, 2.24) is 4.98 Å². The van der Waals surface area contributed by atoms with Gasteiger partial charge in [0.2, 0.25) is 5.76 Å². The first-order valence-electron chi connectivity index (χ1n) is 5.58. The third-order valence-electron chi connectivity index (χ3n) is 2.61. The first kappa shape index (κ1) is 12.3. The number of aryl methyl sites for hydroxylation is 1. The van der Waals surface area contributed by atoms with E-state index >= 15 is 0 Å². The molecule has 2 N–H and O–H groups in total. The van der Waals surface area contributed by atoms with Gasteiger partial charge in [-0.3, -0.25) is 4.79 Å². The molecule has 0 aliphatic carbocycles. The molecule has 0 saturated carbocycles. The molecule has 0 fully saturated rings. The number of oxazole rings is 1. The van der Waals surface area contributed by atoms with Crippen LogP contribution < -0.4 is 5.32 Å². The summed E-state index contributed by atoms with van der Waals surface area (Å²) < 4.78 is 5.01. The Balaban J connectivity index is 2.25. The van der Waals surface area contributed by atoms with E-state index in [-0.39, 0.29) is 11.7 Å². The van der Waals surface area contributed by atoms with Crippen LogP contribution in [0.3, 0.4) is 0 Å². The number of hydrogen-bond acceptors (Lipinski definition) is 4. The average Bonchev–Trinajstić information content (AvgIpc) is 2.76. The minimum absolute atomic E-state index is 0.176. The molecular weight excluding hydrogens is 232 g/mol. The van der Waals surface area contributed by atoms with Crippen molar-refractivity contribution >= 4 is 11.6 Å². The van der Waals surface area contributed by atoms with Crippen molar-refractivity contribution in [3.05, 3.63) is 47.7 Å². The van der Waals surface area contributed by atoms with Gasteiger partial charge in [0, 0.05) is 11.3 Å². The number of hydrogen-bond donors (Lipinski definition) is 2. The van der Waals surface area contributed by atoms with E-state index in [2.05, 4.69) is 10.3 Å². The molecule has 2 rings (SSSR count). The number of aliphatic hydroxyl groups is 1. The maximum Gasteiger partial charge on any atom is 0.293 e. The number of carbonyl (C=O) groups is 1. The molecule has 1 amide bonds. The fraction of sp³-hybridized carbons (Fsp3) is 0.231. The van der Waals surface area contributed by atoms with Gasteiger partial charge in [0.25, 0.3) is 5.91 Å². The summed E-state index contributed by atoms with van der Waals surface area (Å²) in [6.45, 7) is 3.34. The molecule has 0 spiro atoms. The molecule has 5 nitrogen and oxygen atoms in total. The van der Waals surface area contributed by atoms with E-state index in [4.69, 9.17) is 4.42 Å². The standard InChI is InChI=1S/C13H14N2O3/c1-8-12(18-7-14-8)13(17)15-11-6-4-3-5-10(11)9(2)16/h3-7,9,16H,1-2H3,(H,15,17). The largest absolute Gasteiger partial charge is 0.438 e. The highest BCUT2D eigenvalue weighted by Crippen LogP contribution is 2.23. The molecule has 5 heteroatoms. The quantitative estimate of drug-likeness (QED) is 0.871. The predicted molar refractivity (Wildman–Crippen MR) is 66.3 cm³/mol. The molecule has 94 valence electrons. The van der Waals surface area contributed by atoms with Crippen LogP contribution in [0, 0.1) is 6.92 Å². The monoisotopic (exact) mass is 246 g/mol. The Labute approximate surface area is 104 Å². The molecule has 0 saturated heterocycles. The summed E-state index contributed by atoms with van der Waals surface area (Å²) in [5.41, 5.74) is 1.75. The first-order chi connectivity index (χ1) is 8.59. The van der Waals surface area contributed by atoms with Gasteiger partial charge in [-0.1, -0.05) is 18.2 Å². The summed E-state index contributed by atoms with van der Waals surface area (Å²) in [6, 6.07) is 7.07. The number of nitrogens with one attached hydrogen (secondary N) is 1. The predicted octanol–water partition coefficient (Wildman–Crippen LogP) is 2.29. The molecule has 1 unspecified atom stereocenters. The molecule has 0 aliphatic rings. The lowest BCUT2D eigenvalue weighted by molar-refractivity contribution is 0.0995. The normalized spacial score (nSPS) is 12.2. The van der Waals surface area contributed by atoms with E-state index in [9.17, 15) is 9.90 Å². The lowest BCUT2D eigenvalue weighted by Crippen LogP contribution is -2.14. The minimum atomic E-state index is -0.655. The molecule has 0 radical (unpaired) electrons. The fourth-order valence-electron chi connectivity index (χ4n) is 1.67. The zero-order valence-corrected chi connectivity index (χ0v) is 10.2. The van der Waals surface area contributed by atoms with Gasteiger partial charge in [-0.25, -0.2) is 4.98 Å². The summed E-state index contributed by atoms with van der Waals surface area (Å²) >= 11 is 0. The van der Waals surface area contributed by atoms with Crippen LogP contribution >= 0.6 is 0 Å². The van der Waals surface area contributed by atoms with Gasteiger partial charge in [-0.15, -0.1) is 0 Å². The molecule has 1 aromatic carbocycles. The second kappa shape index (κ2) is 5.01. The van der Waals surface area contributed by atoms with Crippen molar-refractivity contribution in [2.75, 3.05) is 5.32 Å². The number of rotatable bonds is 3. The van der Waals surface area contributed by atoms with Crippen LogP contribution in [-0.4, -0.2) is 16.0 Å². The number of carbonyl (C=O) groups excluding carboxylic acids is 1. The summed E-state index contributed by atoms with van der Waals surface area (Å²) in [4.78, 5) is 15.8. The van der Waals surface area contributed by atoms with Crippen molar-refractivity contribution in [2.45, 2.75) is 20.0 Å². The summed E-state index contributed by atoms with van der Waals surface area (Å²) in [5, 5.41) is 12.3. The lowest BCUT2D eigenvalue weighted by Gasteiger charge is -2.12. The van der Waals surface area contributed by atoms with Gasteiger partial charge >= 0.3 is 0 Å². The number of benzene rings is 1. The summed E-state index contributed by atoms with van der Waals surface area (Å²) in [7, 11) is 0. The topological polar surface area (TPSA) is 75.4 Å². The van der Waals surface area contributed by atoms with Gasteiger partial charge in [0.15, 0.2) is 6.39 Å². The molecule has 2 aromatic rings. The number of nitrogens with zero attached hydrogens (tertiary/aromatic N) is 1. The van der Waals surface area contributed by atoms with Gasteiger partial charge in [-0.05, 0) is 19.9 Å². The second-order valence-electron chi connectivity index (χ2n) is 3.98. The fourth-order valence-corrected chi connectivity index (χ4v) is 1.67. The minimum Gasteiger partial charge on any atom is -0.438 e. The van der Waals surface area contributed by atoms with Crippen molar-refractivity contribution in [2.24, 2.45) is 0 Å². The van der Waals surface area contributed by atoms with Crippen LogP contribution in [0.2, 0.25) is 0 Å². The zero-order valence-electron chi connectivity index (χ0n) is 10.2. The van der Waals surface area contributed by atoms with E-state index in [1.54, 1.807) is 38.1 Å². The maximum atomic E-state index is 11.9. The molecule has 1 atom stereocenters. The molecule has 1 heterocycles. The van der Waals surface area contributed by atoms with Gasteiger partial charge in [0.1, 0.15) is 0 Å². The first-order valence-corrected chi connectivity index (χ1v) is 5.58. The van der Waals surface area contributed by atoms with Crippen LogP contribution in [0.5, 0.6) is 0 Å². The van der Waals surface area contributed by atoms with Crippen LogP contribution in [0.1, 0.15) is 34.8 Å². The highest BCUT2D eigenvalue weighted by Gasteiger charge is 2.16. The molecule has 0 aliphatic heterocycles. The second-order valence-corrected chi connectivity index (χ2v) is 3.98. The highest BCUT2D eigenvalue weighted by molar-refractivity contribution is 6.03. The number of aromatic nitrogens is 1. The van der Waals surface area contributed by atoms with Crippen LogP contribution in [-0.2, 0) is 0 Å². The highest BCUT2D eigenvalue weighted by atomic mass is 16.3. The Morgan fingerprint density at radius 1 is 1.44 bits per heavy atom. The van der Waals surface area contributed by atoms with E-state index in [0.29, 0.717) is 16.9 Å². The number of para-hydroxylation sites is 1. The number of anilines is 1. The third-order valence-corrected chi connectivity index (χ3v) is 2.61. The van der Waals surface area contributed by atoms with Gasteiger partial charge < -0.3 is 14.8 Å². The van der Waals surface area contributed by atoms with Crippen LogP contribution in [0.15, 0.2) is 35.1 Å². The molecule has 0 bridgehead atoms. The number of amides is 1. The third kappa shape index (κ3) is 2.41. The smallest absolute Gasteiger partial charge is 0.293 e. The van der Waals surface area contributed by atoms with Crippen molar-refractivity contribution in [3.8, 4) is 0 Å². The van der Waals surface area contributed by atoms with Crippen LogP contribution in [0.4, 0.5) is 5.69 Å². The van der Waals surface area contributed by atoms with Crippen molar-refractivity contribution in [1.29, 1.82) is 0 Å². The average molecular weight is 246 g/mol. The lowest BCUT2D eigenvalue weighted by atomic mass is 10.1. The molecular formula is C13H14N2O3. The number of aliphatic hydroxyl groups excluding tert-OH is 1. The zero-order chi connectivity index (χ0) is 13.1. The van der Waals surface area contributed by atoms with Crippen LogP contribution in [0.25, 0.3) is 0 Å². The Morgan fingerprint density at radius 2 is 2.17 bits per heavy atom. The van der Waals surface area contributed by atoms with Crippen molar-refractivity contribution in [3.63, 3.8) is 0 Å². The van der Waals surface area contributed by atoms with E-state index in [1.807, 2.05) is 0 Å². The van der Waals surface area contributed by atoms with E-state index in [0.717, 1.165) is 0 Å². The van der Waals surface area contributed by atoms with Gasteiger partial charge in [-0.2, -0.15) is 0 Å². The Bertz CT molecular complexity index is 561. The SMILES string of the molecule is Cc1ncoc1C(=O)Nc1ccccc1C(C)O. The van der Waals surface area contributed by atoms with E-state index < -0.39 is 6.10 Å². The van der Waals surface area contributed by atoms with Gasteiger partial charge in [0.05, 0.1) is 11.8 Å². The van der Waals surface area contributed by atoms with E-state index in [1.165, 1.54) is 6.39 Å². The Morgan fingerprint density at radius 3 is 2.78 bits per heavy atom. The Kier molecular flexibility index (Phi) is 3.43. The summed E-state index contributed by atoms with van der Waals surface area (Å²) in [6.07, 6.45) is 0.572. The summed E-state index contributed by atoms with van der Waals surface area (Å²) in [5.74, 6) is -0.200. The van der Waals surface area contributed by atoms with Crippen molar-refractivity contribution < 1.29 is 14.3 Å². The molecule has 18 heavy (non-hydrogen) atoms. The molecule has 1 aromatic heterocycles. The maximum absolute atomic E-state index is 11.9.